The minimum atomic E-state index is -0.138. The van der Waals surface area contributed by atoms with Crippen molar-refractivity contribution < 1.29 is 9.53 Å². The maximum absolute atomic E-state index is 11.3. The van der Waals surface area contributed by atoms with Crippen LogP contribution in [0.3, 0.4) is 0 Å². The molecule has 2 aromatic heterocycles. The number of anilines is 1. The van der Waals surface area contributed by atoms with Crippen molar-refractivity contribution in [3.63, 3.8) is 0 Å². The molecule has 1 aliphatic rings. The summed E-state index contributed by atoms with van der Waals surface area (Å²) in [6, 6.07) is 7.63. The fourth-order valence-electron chi connectivity index (χ4n) is 2.12. The molecule has 0 aliphatic carbocycles. The molecule has 3 heterocycles. The summed E-state index contributed by atoms with van der Waals surface area (Å²) in [6.45, 7) is 0.0640. The number of aromatic nitrogens is 2. The highest BCUT2D eigenvalue weighted by Gasteiger charge is 2.18. The van der Waals surface area contributed by atoms with Gasteiger partial charge in [-0.3, -0.25) is 9.78 Å². The SMILES string of the molecule is O=C1COc2cc3sc(-c4ccncc4)nc3cc2N1. The second-order valence-corrected chi connectivity index (χ2v) is 5.44. The average Bonchev–Trinajstić information content (AvgIpc) is 2.88. The molecule has 98 valence electrons. The molecule has 3 aromatic rings. The number of hydrogen-bond donors (Lipinski definition) is 1. The van der Waals surface area contributed by atoms with Gasteiger partial charge >= 0.3 is 0 Å². The van der Waals surface area contributed by atoms with E-state index in [1.165, 1.54) is 0 Å². The molecular formula is C14H9N3O2S. The summed E-state index contributed by atoms with van der Waals surface area (Å²) in [6.07, 6.45) is 3.49. The van der Waals surface area contributed by atoms with Crippen LogP contribution in [0.15, 0.2) is 36.7 Å². The van der Waals surface area contributed by atoms with Gasteiger partial charge in [0.2, 0.25) is 0 Å². The lowest BCUT2D eigenvalue weighted by atomic mass is 10.2. The topological polar surface area (TPSA) is 64.1 Å². The van der Waals surface area contributed by atoms with Gasteiger partial charge in [0, 0.05) is 24.0 Å². The van der Waals surface area contributed by atoms with E-state index in [-0.39, 0.29) is 12.5 Å². The second kappa shape index (κ2) is 4.28. The Morgan fingerprint density at radius 2 is 2.10 bits per heavy atom. The number of amides is 1. The van der Waals surface area contributed by atoms with Gasteiger partial charge in [-0.05, 0) is 18.2 Å². The second-order valence-electron chi connectivity index (χ2n) is 4.41. The molecule has 0 atom stereocenters. The monoisotopic (exact) mass is 283 g/mol. The molecule has 4 rings (SSSR count). The van der Waals surface area contributed by atoms with Crippen molar-refractivity contribution in [2.75, 3.05) is 11.9 Å². The van der Waals surface area contributed by atoms with E-state index in [1.54, 1.807) is 23.7 Å². The van der Waals surface area contributed by atoms with Crippen LogP contribution >= 0.6 is 11.3 Å². The average molecular weight is 283 g/mol. The van der Waals surface area contributed by atoms with Gasteiger partial charge in [0.1, 0.15) is 10.8 Å². The Hall–Kier alpha value is -2.47. The predicted molar refractivity (Wildman–Crippen MR) is 77.0 cm³/mol. The van der Waals surface area contributed by atoms with Crippen molar-refractivity contribution in [1.82, 2.24) is 9.97 Å². The standard InChI is InChI=1S/C14H9N3O2S/c18-13-7-19-11-6-12-10(5-9(11)16-13)17-14(20-12)8-1-3-15-4-2-8/h1-6H,7H2,(H,16,18). The molecule has 0 radical (unpaired) electrons. The Morgan fingerprint density at radius 3 is 2.95 bits per heavy atom. The lowest BCUT2D eigenvalue weighted by molar-refractivity contribution is -0.118. The van der Waals surface area contributed by atoms with Crippen molar-refractivity contribution in [3.05, 3.63) is 36.7 Å². The summed E-state index contributed by atoms with van der Waals surface area (Å²) in [7, 11) is 0. The first kappa shape index (κ1) is 11.4. The Balaban J connectivity index is 1.86. The predicted octanol–water partition coefficient (Wildman–Crippen LogP) is 2.69. The largest absolute Gasteiger partial charge is 0.482 e. The number of fused-ring (bicyclic) bond motifs is 2. The van der Waals surface area contributed by atoms with Crippen molar-refractivity contribution >= 4 is 33.1 Å². The minimum Gasteiger partial charge on any atom is -0.482 e. The summed E-state index contributed by atoms with van der Waals surface area (Å²) in [5.74, 6) is 0.559. The number of pyridine rings is 1. The Labute approximate surface area is 118 Å². The maximum Gasteiger partial charge on any atom is 0.262 e. The normalized spacial score (nSPS) is 13.7. The van der Waals surface area contributed by atoms with Crippen LogP contribution in [0.1, 0.15) is 0 Å². The lowest BCUT2D eigenvalue weighted by Gasteiger charge is -2.17. The number of rotatable bonds is 1. The number of hydrogen-bond acceptors (Lipinski definition) is 5. The smallest absolute Gasteiger partial charge is 0.262 e. The van der Waals surface area contributed by atoms with E-state index < -0.39 is 0 Å². The Bertz CT molecular complexity index is 814. The molecule has 1 amide bonds. The zero-order chi connectivity index (χ0) is 13.5. The third kappa shape index (κ3) is 1.81. The molecule has 0 bridgehead atoms. The fraction of sp³-hybridized carbons (Fsp3) is 0.0714. The van der Waals surface area contributed by atoms with E-state index in [1.807, 2.05) is 24.3 Å². The van der Waals surface area contributed by atoms with E-state index >= 15 is 0 Å². The summed E-state index contributed by atoms with van der Waals surface area (Å²) in [5, 5.41) is 3.72. The molecule has 0 saturated carbocycles. The van der Waals surface area contributed by atoms with E-state index in [2.05, 4.69) is 15.3 Å². The van der Waals surface area contributed by atoms with Crippen molar-refractivity contribution in [2.24, 2.45) is 0 Å². The van der Waals surface area contributed by atoms with Crippen LogP contribution < -0.4 is 10.1 Å². The third-order valence-corrected chi connectivity index (χ3v) is 4.12. The van der Waals surface area contributed by atoms with Gasteiger partial charge in [-0.1, -0.05) is 0 Å². The first-order valence-corrected chi connectivity index (χ1v) is 6.89. The highest BCUT2D eigenvalue weighted by Crippen LogP contribution is 2.37. The van der Waals surface area contributed by atoms with Gasteiger partial charge in [0.25, 0.3) is 5.91 Å². The summed E-state index contributed by atoms with van der Waals surface area (Å²) in [4.78, 5) is 19.9. The fourth-order valence-corrected chi connectivity index (χ4v) is 3.10. The van der Waals surface area contributed by atoms with Gasteiger partial charge in [-0.15, -0.1) is 11.3 Å². The van der Waals surface area contributed by atoms with Crippen LogP contribution in [0.4, 0.5) is 5.69 Å². The maximum atomic E-state index is 11.3. The van der Waals surface area contributed by atoms with Gasteiger partial charge in [-0.2, -0.15) is 0 Å². The highest BCUT2D eigenvalue weighted by molar-refractivity contribution is 7.21. The number of carbonyl (C=O) groups is 1. The molecule has 20 heavy (non-hydrogen) atoms. The number of benzene rings is 1. The summed E-state index contributed by atoms with van der Waals surface area (Å²) >= 11 is 1.59. The highest BCUT2D eigenvalue weighted by atomic mass is 32.1. The van der Waals surface area contributed by atoms with Gasteiger partial charge in [0.05, 0.1) is 15.9 Å². The molecule has 1 aliphatic heterocycles. The van der Waals surface area contributed by atoms with E-state index in [4.69, 9.17) is 4.74 Å². The quantitative estimate of drug-likeness (QED) is 0.745. The zero-order valence-electron chi connectivity index (χ0n) is 10.3. The molecular weight excluding hydrogens is 274 g/mol. The van der Waals surface area contributed by atoms with Gasteiger partial charge in [-0.25, -0.2) is 4.98 Å². The summed E-state index contributed by atoms with van der Waals surface area (Å²) < 4.78 is 6.45. The molecule has 1 aromatic carbocycles. The van der Waals surface area contributed by atoms with Crippen molar-refractivity contribution in [3.8, 4) is 16.3 Å². The van der Waals surface area contributed by atoms with E-state index in [0.717, 1.165) is 20.8 Å². The first-order chi connectivity index (χ1) is 9.79. The minimum absolute atomic E-state index is 0.0640. The molecule has 0 unspecified atom stereocenters. The third-order valence-electron chi connectivity index (χ3n) is 3.05. The van der Waals surface area contributed by atoms with Crippen LogP contribution in [-0.4, -0.2) is 22.5 Å². The van der Waals surface area contributed by atoms with Crippen LogP contribution in [0, 0.1) is 0 Å². The van der Waals surface area contributed by atoms with E-state index in [9.17, 15) is 4.79 Å². The number of carbonyl (C=O) groups excluding carboxylic acids is 1. The molecule has 0 fully saturated rings. The van der Waals surface area contributed by atoms with Crippen LogP contribution in [0.5, 0.6) is 5.75 Å². The number of nitrogens with one attached hydrogen (secondary N) is 1. The van der Waals surface area contributed by atoms with Crippen LogP contribution in [0.2, 0.25) is 0 Å². The molecule has 1 N–H and O–H groups in total. The molecule has 6 heteroatoms. The first-order valence-electron chi connectivity index (χ1n) is 6.07. The van der Waals surface area contributed by atoms with Crippen LogP contribution in [-0.2, 0) is 4.79 Å². The van der Waals surface area contributed by atoms with E-state index in [0.29, 0.717) is 11.4 Å². The van der Waals surface area contributed by atoms with Crippen molar-refractivity contribution in [1.29, 1.82) is 0 Å². The molecule has 0 spiro atoms. The number of thiazole rings is 1. The summed E-state index contributed by atoms with van der Waals surface area (Å²) in [5.41, 5.74) is 2.57. The molecule has 0 saturated heterocycles. The number of ether oxygens (including phenoxy) is 1. The van der Waals surface area contributed by atoms with Crippen LogP contribution in [0.25, 0.3) is 20.8 Å². The molecule has 5 nitrogen and oxygen atoms in total. The lowest BCUT2D eigenvalue weighted by Crippen LogP contribution is -2.25. The Morgan fingerprint density at radius 1 is 1.25 bits per heavy atom. The number of nitrogens with zero attached hydrogens (tertiary/aromatic N) is 2. The Kier molecular flexibility index (Phi) is 2.43. The van der Waals surface area contributed by atoms with Gasteiger partial charge < -0.3 is 10.1 Å². The van der Waals surface area contributed by atoms with Crippen molar-refractivity contribution in [2.45, 2.75) is 0 Å². The van der Waals surface area contributed by atoms with Gasteiger partial charge in [0.15, 0.2) is 6.61 Å². The zero-order valence-corrected chi connectivity index (χ0v) is 11.1.